The van der Waals surface area contributed by atoms with Crippen LogP contribution in [0.25, 0.3) is 0 Å². The van der Waals surface area contributed by atoms with Crippen molar-refractivity contribution >= 4 is 5.91 Å². The van der Waals surface area contributed by atoms with Gasteiger partial charge in [0.05, 0.1) is 19.4 Å². The Labute approximate surface area is 99.9 Å². The van der Waals surface area contributed by atoms with Gasteiger partial charge in [0.2, 0.25) is 0 Å². The largest absolute Gasteiger partial charge is 0.379 e. The number of rotatable bonds is 4. The third-order valence-corrected chi connectivity index (χ3v) is 2.81. The lowest BCUT2D eigenvalue weighted by atomic mass is 10.2. The fourth-order valence-electron chi connectivity index (χ4n) is 1.76. The van der Waals surface area contributed by atoms with E-state index >= 15 is 0 Å². The summed E-state index contributed by atoms with van der Waals surface area (Å²) in [6.07, 6.45) is 1.44. The smallest absolute Gasteiger partial charge is 0.256 e. The van der Waals surface area contributed by atoms with E-state index in [1.54, 1.807) is 6.92 Å². The van der Waals surface area contributed by atoms with Gasteiger partial charge in [-0.2, -0.15) is 0 Å². The zero-order valence-electron chi connectivity index (χ0n) is 9.94. The minimum Gasteiger partial charge on any atom is -0.379 e. The number of aryl methyl sites for hydroxylation is 1. The van der Waals surface area contributed by atoms with Gasteiger partial charge in [-0.25, -0.2) is 0 Å². The lowest BCUT2D eigenvalue weighted by molar-refractivity contribution is 0.0383. The van der Waals surface area contributed by atoms with E-state index in [-0.39, 0.29) is 5.91 Å². The van der Waals surface area contributed by atoms with Crippen LogP contribution < -0.4 is 5.32 Å². The van der Waals surface area contributed by atoms with E-state index in [0.717, 1.165) is 32.8 Å². The molecule has 1 aromatic heterocycles. The topological polar surface area (TPSA) is 67.6 Å². The number of carbonyl (C=O) groups excluding carboxylic acids is 1. The number of hydrogen-bond donors (Lipinski definition) is 1. The lowest BCUT2D eigenvalue weighted by Crippen LogP contribution is -2.41. The van der Waals surface area contributed by atoms with Gasteiger partial charge in [-0.3, -0.25) is 9.69 Å². The van der Waals surface area contributed by atoms with Crippen LogP contribution in [0.4, 0.5) is 0 Å². The van der Waals surface area contributed by atoms with Crippen molar-refractivity contribution in [3.8, 4) is 0 Å². The van der Waals surface area contributed by atoms with E-state index in [9.17, 15) is 4.79 Å². The van der Waals surface area contributed by atoms with Crippen molar-refractivity contribution in [1.82, 2.24) is 15.4 Å². The Morgan fingerprint density at radius 1 is 1.53 bits per heavy atom. The van der Waals surface area contributed by atoms with Crippen molar-refractivity contribution in [1.29, 1.82) is 0 Å². The molecule has 1 aromatic rings. The SMILES string of the molecule is Cc1oncc1C(=O)NCCN1CCOCC1. The molecule has 0 aliphatic carbocycles. The first kappa shape index (κ1) is 12.1. The first-order valence-electron chi connectivity index (χ1n) is 5.77. The molecular formula is C11H17N3O3. The maximum Gasteiger partial charge on any atom is 0.256 e. The molecule has 1 aliphatic heterocycles. The molecule has 17 heavy (non-hydrogen) atoms. The first-order valence-corrected chi connectivity index (χ1v) is 5.77. The van der Waals surface area contributed by atoms with Crippen molar-refractivity contribution in [2.45, 2.75) is 6.92 Å². The Kier molecular flexibility index (Phi) is 4.11. The summed E-state index contributed by atoms with van der Waals surface area (Å²) in [4.78, 5) is 14.0. The van der Waals surface area contributed by atoms with Gasteiger partial charge in [-0.05, 0) is 6.92 Å². The average Bonchev–Trinajstić information content (AvgIpc) is 2.77. The number of nitrogens with zero attached hydrogens (tertiary/aromatic N) is 2. The van der Waals surface area contributed by atoms with Crippen molar-refractivity contribution in [2.75, 3.05) is 39.4 Å². The molecule has 0 atom stereocenters. The summed E-state index contributed by atoms with van der Waals surface area (Å²) in [7, 11) is 0. The number of hydrogen-bond acceptors (Lipinski definition) is 5. The van der Waals surface area contributed by atoms with Crippen LogP contribution in [0.5, 0.6) is 0 Å². The Morgan fingerprint density at radius 2 is 2.29 bits per heavy atom. The summed E-state index contributed by atoms with van der Waals surface area (Å²) >= 11 is 0. The van der Waals surface area contributed by atoms with Gasteiger partial charge >= 0.3 is 0 Å². The van der Waals surface area contributed by atoms with Crippen LogP contribution in [0, 0.1) is 6.92 Å². The van der Waals surface area contributed by atoms with Gasteiger partial charge in [-0.15, -0.1) is 0 Å². The third kappa shape index (κ3) is 3.28. The molecule has 1 amide bonds. The predicted molar refractivity (Wildman–Crippen MR) is 60.8 cm³/mol. The molecule has 1 fully saturated rings. The normalized spacial score (nSPS) is 17.0. The van der Waals surface area contributed by atoms with E-state index in [2.05, 4.69) is 15.4 Å². The minimum atomic E-state index is -0.128. The molecule has 0 saturated carbocycles. The summed E-state index contributed by atoms with van der Waals surface area (Å²) in [5.41, 5.74) is 0.506. The average molecular weight is 239 g/mol. The number of morpholine rings is 1. The molecule has 0 unspecified atom stereocenters. The molecule has 1 aliphatic rings. The second-order valence-corrected chi connectivity index (χ2v) is 4.01. The fourth-order valence-corrected chi connectivity index (χ4v) is 1.76. The highest BCUT2D eigenvalue weighted by molar-refractivity contribution is 5.94. The number of ether oxygens (including phenoxy) is 1. The van der Waals surface area contributed by atoms with Crippen molar-refractivity contribution in [3.63, 3.8) is 0 Å². The van der Waals surface area contributed by atoms with Crippen LogP contribution in [0.2, 0.25) is 0 Å². The molecular weight excluding hydrogens is 222 g/mol. The van der Waals surface area contributed by atoms with Crippen molar-refractivity contribution in [3.05, 3.63) is 17.5 Å². The second-order valence-electron chi connectivity index (χ2n) is 4.01. The Morgan fingerprint density at radius 3 is 2.94 bits per heavy atom. The Balaban J connectivity index is 1.71. The van der Waals surface area contributed by atoms with Gasteiger partial charge in [0.15, 0.2) is 0 Å². The van der Waals surface area contributed by atoms with E-state index in [4.69, 9.17) is 9.26 Å². The van der Waals surface area contributed by atoms with Crippen LogP contribution in [0.15, 0.2) is 10.7 Å². The van der Waals surface area contributed by atoms with E-state index in [0.29, 0.717) is 17.9 Å². The standard InChI is InChI=1S/C11H17N3O3/c1-9-10(8-13-17-9)11(15)12-2-3-14-4-6-16-7-5-14/h8H,2-7H2,1H3,(H,12,15). The van der Waals surface area contributed by atoms with Crippen LogP contribution in [0.1, 0.15) is 16.1 Å². The maximum absolute atomic E-state index is 11.7. The minimum absolute atomic E-state index is 0.128. The first-order chi connectivity index (χ1) is 8.27. The van der Waals surface area contributed by atoms with Gasteiger partial charge in [0.1, 0.15) is 11.3 Å². The van der Waals surface area contributed by atoms with Gasteiger partial charge in [-0.1, -0.05) is 5.16 Å². The molecule has 0 aromatic carbocycles. The number of carbonyl (C=O) groups is 1. The van der Waals surface area contributed by atoms with Gasteiger partial charge in [0, 0.05) is 26.2 Å². The molecule has 94 valence electrons. The Hall–Kier alpha value is -1.40. The zero-order valence-corrected chi connectivity index (χ0v) is 9.94. The molecule has 1 saturated heterocycles. The highest BCUT2D eigenvalue weighted by Crippen LogP contribution is 2.04. The van der Waals surface area contributed by atoms with E-state index < -0.39 is 0 Å². The quantitative estimate of drug-likeness (QED) is 0.803. The van der Waals surface area contributed by atoms with Crippen LogP contribution in [-0.4, -0.2) is 55.4 Å². The fraction of sp³-hybridized carbons (Fsp3) is 0.636. The van der Waals surface area contributed by atoms with Crippen LogP contribution in [0.3, 0.4) is 0 Å². The summed E-state index contributed by atoms with van der Waals surface area (Å²) in [6.45, 7) is 6.62. The third-order valence-electron chi connectivity index (χ3n) is 2.81. The molecule has 0 bridgehead atoms. The summed E-state index contributed by atoms with van der Waals surface area (Å²) in [5.74, 6) is 0.422. The van der Waals surface area contributed by atoms with Gasteiger partial charge < -0.3 is 14.6 Å². The zero-order chi connectivity index (χ0) is 12.1. The molecule has 2 heterocycles. The summed E-state index contributed by atoms with van der Waals surface area (Å²) in [6, 6.07) is 0. The molecule has 6 heteroatoms. The molecule has 2 rings (SSSR count). The predicted octanol–water partition coefficient (Wildman–Crippen LogP) is 0.0450. The number of amides is 1. The molecule has 0 radical (unpaired) electrons. The number of aromatic nitrogens is 1. The molecule has 1 N–H and O–H groups in total. The van der Waals surface area contributed by atoms with Crippen LogP contribution >= 0.6 is 0 Å². The second kappa shape index (κ2) is 5.79. The lowest BCUT2D eigenvalue weighted by Gasteiger charge is -2.26. The van der Waals surface area contributed by atoms with E-state index in [1.165, 1.54) is 6.20 Å². The monoisotopic (exact) mass is 239 g/mol. The van der Waals surface area contributed by atoms with Crippen molar-refractivity contribution in [2.24, 2.45) is 0 Å². The highest BCUT2D eigenvalue weighted by atomic mass is 16.5. The summed E-state index contributed by atoms with van der Waals surface area (Å²) < 4.78 is 10.1. The Bertz CT molecular complexity index is 372. The van der Waals surface area contributed by atoms with Gasteiger partial charge in [0.25, 0.3) is 5.91 Å². The molecule has 0 spiro atoms. The van der Waals surface area contributed by atoms with E-state index in [1.807, 2.05) is 0 Å². The van der Waals surface area contributed by atoms with Crippen LogP contribution in [-0.2, 0) is 4.74 Å². The highest BCUT2D eigenvalue weighted by Gasteiger charge is 2.13. The van der Waals surface area contributed by atoms with Crippen molar-refractivity contribution < 1.29 is 14.1 Å². The number of nitrogens with one attached hydrogen (secondary N) is 1. The molecule has 6 nitrogen and oxygen atoms in total. The summed E-state index contributed by atoms with van der Waals surface area (Å²) in [5, 5.41) is 6.43. The maximum atomic E-state index is 11.7.